The number of aliphatic imine (C=N–C) groups is 1. The van der Waals surface area contributed by atoms with Gasteiger partial charge in [0.05, 0.1) is 10.8 Å². The topological polar surface area (TPSA) is 92.9 Å². The molecular formula is C39H43N3O4. The number of likely N-dealkylation sites (tertiary alicyclic amines) is 1. The number of allylic oxidation sites excluding steroid dienone is 2. The van der Waals surface area contributed by atoms with Crippen molar-refractivity contribution in [3.8, 4) is 0 Å². The summed E-state index contributed by atoms with van der Waals surface area (Å²) in [5, 5.41) is 11.6. The Bertz CT molecular complexity index is 1600. The van der Waals surface area contributed by atoms with Crippen molar-refractivity contribution in [3.63, 3.8) is 0 Å². The second-order valence-electron chi connectivity index (χ2n) is 13.1. The first kappa shape index (κ1) is 31.7. The number of carbonyl (C=O) groups excluding carboxylic acids is 2. The Balaban J connectivity index is 1.08. The Kier molecular flexibility index (Phi) is 9.69. The number of nitro benzene ring substituents is 1. The molecule has 0 N–H and O–H groups in total. The largest absolute Gasteiger partial charge is 0.303 e. The molecule has 46 heavy (non-hydrogen) atoms. The summed E-state index contributed by atoms with van der Waals surface area (Å²) >= 11 is 0. The molecule has 2 atom stereocenters. The fraction of sp³-hybridized carbons (Fsp3) is 0.410. The number of Topliss-reactive ketones (excluding diaryl/α,β-unsaturated/α-hetero) is 2. The first-order valence-corrected chi connectivity index (χ1v) is 16.8. The molecule has 1 aliphatic carbocycles. The van der Waals surface area contributed by atoms with E-state index in [1.165, 1.54) is 23.3 Å². The molecule has 3 aliphatic rings. The Hall–Kier alpha value is -4.23. The highest BCUT2D eigenvalue weighted by Gasteiger charge is 2.43. The van der Waals surface area contributed by atoms with Gasteiger partial charge in [0.2, 0.25) is 0 Å². The molecule has 3 aromatic rings. The Morgan fingerprint density at radius 1 is 0.891 bits per heavy atom. The number of benzene rings is 3. The standard InChI is InChI=1S/C39H43N3O4/c1-28-36(37(29-13-11-18-32(27-29)42(45)46)38-33(40-28)19-12-21-35(38)44)34(43)20-9-4-10-24-41-25-22-39(23-26-41,30-14-5-2-6-15-30)31-16-7-3-8-17-31/h2-3,5-8,11,13-18,27,37-38H,4,9-10,12,19-26H2,1H3. The lowest BCUT2D eigenvalue weighted by molar-refractivity contribution is -0.384. The summed E-state index contributed by atoms with van der Waals surface area (Å²) in [5.74, 6) is -0.958. The molecule has 0 radical (unpaired) electrons. The summed E-state index contributed by atoms with van der Waals surface area (Å²) < 4.78 is 0. The zero-order valence-electron chi connectivity index (χ0n) is 26.7. The lowest BCUT2D eigenvalue weighted by atomic mass is 9.68. The number of non-ortho nitro benzene ring substituents is 1. The highest BCUT2D eigenvalue weighted by Crippen LogP contribution is 2.44. The molecule has 2 heterocycles. The average molecular weight is 618 g/mol. The third kappa shape index (κ3) is 6.52. The Morgan fingerprint density at radius 3 is 2.22 bits per heavy atom. The lowest BCUT2D eigenvalue weighted by Gasteiger charge is -2.43. The summed E-state index contributed by atoms with van der Waals surface area (Å²) in [7, 11) is 0. The third-order valence-electron chi connectivity index (χ3n) is 10.4. The number of piperidine rings is 1. The number of rotatable bonds is 11. The van der Waals surface area contributed by atoms with Crippen LogP contribution in [0.15, 0.2) is 101 Å². The van der Waals surface area contributed by atoms with Crippen molar-refractivity contribution in [3.05, 3.63) is 123 Å². The maximum absolute atomic E-state index is 13.8. The zero-order chi connectivity index (χ0) is 32.1. The van der Waals surface area contributed by atoms with Crippen LogP contribution < -0.4 is 0 Å². The molecule has 2 aliphatic heterocycles. The smallest absolute Gasteiger partial charge is 0.269 e. The van der Waals surface area contributed by atoms with Crippen LogP contribution in [0, 0.1) is 16.0 Å². The van der Waals surface area contributed by atoms with E-state index in [1.54, 1.807) is 6.07 Å². The Morgan fingerprint density at radius 2 is 1.57 bits per heavy atom. The van der Waals surface area contributed by atoms with Crippen LogP contribution in [-0.4, -0.2) is 46.7 Å². The van der Waals surface area contributed by atoms with Crippen LogP contribution in [0.25, 0.3) is 0 Å². The highest BCUT2D eigenvalue weighted by molar-refractivity contribution is 6.12. The van der Waals surface area contributed by atoms with Gasteiger partial charge in [0.15, 0.2) is 5.78 Å². The maximum Gasteiger partial charge on any atom is 0.269 e. The molecule has 0 bridgehead atoms. The van der Waals surface area contributed by atoms with Gasteiger partial charge in [-0.2, -0.15) is 0 Å². The van der Waals surface area contributed by atoms with Gasteiger partial charge in [-0.3, -0.25) is 24.7 Å². The number of hydrogen-bond acceptors (Lipinski definition) is 6. The van der Waals surface area contributed by atoms with Crippen molar-refractivity contribution in [2.45, 2.75) is 76.0 Å². The number of nitrogens with zero attached hydrogens (tertiary/aromatic N) is 3. The highest BCUT2D eigenvalue weighted by atomic mass is 16.6. The van der Waals surface area contributed by atoms with E-state index in [1.807, 2.05) is 13.0 Å². The minimum absolute atomic E-state index is 0.00339. The maximum atomic E-state index is 13.8. The minimum Gasteiger partial charge on any atom is -0.303 e. The van der Waals surface area contributed by atoms with Crippen LogP contribution in [0.2, 0.25) is 0 Å². The van der Waals surface area contributed by atoms with Gasteiger partial charge in [0, 0.05) is 53.3 Å². The number of carbonyl (C=O) groups is 2. The van der Waals surface area contributed by atoms with E-state index in [4.69, 9.17) is 4.99 Å². The van der Waals surface area contributed by atoms with E-state index in [2.05, 4.69) is 65.6 Å². The van der Waals surface area contributed by atoms with Crippen LogP contribution >= 0.6 is 0 Å². The number of unbranched alkanes of at least 4 members (excludes halogenated alkanes) is 2. The van der Waals surface area contributed by atoms with Gasteiger partial charge in [-0.1, -0.05) is 79.2 Å². The second-order valence-corrected chi connectivity index (χ2v) is 13.1. The molecule has 6 rings (SSSR count). The molecule has 3 aromatic carbocycles. The number of nitro groups is 1. The van der Waals surface area contributed by atoms with Crippen molar-refractivity contribution < 1.29 is 14.5 Å². The molecule has 2 unspecified atom stereocenters. The van der Waals surface area contributed by atoms with Crippen LogP contribution in [0.4, 0.5) is 5.69 Å². The number of hydrogen-bond donors (Lipinski definition) is 0. The summed E-state index contributed by atoms with van der Waals surface area (Å²) in [6, 6.07) is 28.2. The van der Waals surface area contributed by atoms with Gasteiger partial charge in [0.25, 0.3) is 5.69 Å². The third-order valence-corrected chi connectivity index (χ3v) is 10.4. The van der Waals surface area contributed by atoms with Crippen LogP contribution in [0.3, 0.4) is 0 Å². The van der Waals surface area contributed by atoms with E-state index in [-0.39, 0.29) is 22.7 Å². The van der Waals surface area contributed by atoms with Crippen LogP contribution in [0.1, 0.15) is 87.3 Å². The molecule has 0 amide bonds. The fourth-order valence-electron chi connectivity index (χ4n) is 8.03. The van der Waals surface area contributed by atoms with Crippen LogP contribution in [-0.2, 0) is 15.0 Å². The van der Waals surface area contributed by atoms with Gasteiger partial charge in [-0.05, 0) is 81.8 Å². The minimum atomic E-state index is -0.518. The zero-order valence-corrected chi connectivity index (χ0v) is 26.7. The van der Waals surface area contributed by atoms with Crippen molar-refractivity contribution in [1.29, 1.82) is 0 Å². The molecule has 2 fully saturated rings. The molecule has 7 heteroatoms. The lowest BCUT2D eigenvalue weighted by Crippen LogP contribution is -2.43. The Labute approximate surface area is 271 Å². The van der Waals surface area contributed by atoms with E-state index in [0.29, 0.717) is 29.7 Å². The monoisotopic (exact) mass is 617 g/mol. The predicted molar refractivity (Wildman–Crippen MR) is 181 cm³/mol. The van der Waals surface area contributed by atoms with Gasteiger partial charge >= 0.3 is 0 Å². The normalized spacial score (nSPS) is 21.4. The quantitative estimate of drug-likeness (QED) is 0.124. The van der Waals surface area contributed by atoms with E-state index < -0.39 is 16.8 Å². The molecule has 0 aromatic heterocycles. The van der Waals surface area contributed by atoms with Crippen molar-refractivity contribution in [2.24, 2.45) is 10.9 Å². The number of fused-ring (bicyclic) bond motifs is 1. The second kappa shape index (κ2) is 14.0. The predicted octanol–water partition coefficient (Wildman–Crippen LogP) is 7.99. The van der Waals surface area contributed by atoms with Crippen molar-refractivity contribution in [1.82, 2.24) is 4.90 Å². The van der Waals surface area contributed by atoms with Gasteiger partial charge < -0.3 is 4.90 Å². The van der Waals surface area contributed by atoms with E-state index in [0.717, 1.165) is 70.3 Å². The van der Waals surface area contributed by atoms with Gasteiger partial charge in [-0.15, -0.1) is 0 Å². The van der Waals surface area contributed by atoms with Crippen LogP contribution in [0.5, 0.6) is 0 Å². The van der Waals surface area contributed by atoms with E-state index in [9.17, 15) is 19.7 Å². The molecule has 1 saturated heterocycles. The van der Waals surface area contributed by atoms with Gasteiger partial charge in [0.1, 0.15) is 5.78 Å². The first-order chi connectivity index (χ1) is 22.4. The van der Waals surface area contributed by atoms with Crippen molar-refractivity contribution >= 4 is 23.0 Å². The average Bonchev–Trinajstić information content (AvgIpc) is 3.08. The summed E-state index contributed by atoms with van der Waals surface area (Å²) in [6.45, 7) is 4.93. The molecule has 238 valence electrons. The SMILES string of the molecule is CC1=C(C(=O)CCCCCN2CCC(c3ccccc3)(c3ccccc3)CC2)C(c2cccc([N+](=O)[O-])c2)C2C(=O)CCCC2=N1. The molecule has 1 saturated carbocycles. The molecular weight excluding hydrogens is 574 g/mol. The summed E-state index contributed by atoms with van der Waals surface area (Å²) in [5.41, 5.74) is 5.45. The molecule has 7 nitrogen and oxygen atoms in total. The summed E-state index contributed by atoms with van der Waals surface area (Å²) in [4.78, 5) is 45.5. The van der Waals surface area contributed by atoms with Gasteiger partial charge in [-0.25, -0.2) is 0 Å². The first-order valence-electron chi connectivity index (χ1n) is 16.8. The fourth-order valence-corrected chi connectivity index (χ4v) is 8.03. The summed E-state index contributed by atoms with van der Waals surface area (Å²) in [6.07, 6.45) is 7.18. The molecule has 0 spiro atoms. The van der Waals surface area contributed by atoms with E-state index >= 15 is 0 Å². The number of ketones is 2. The van der Waals surface area contributed by atoms with Crippen molar-refractivity contribution in [2.75, 3.05) is 19.6 Å².